The second-order valence-corrected chi connectivity index (χ2v) is 6.00. The van der Waals surface area contributed by atoms with Gasteiger partial charge in [-0.25, -0.2) is 0 Å². The van der Waals surface area contributed by atoms with E-state index < -0.39 is 6.10 Å². The van der Waals surface area contributed by atoms with Gasteiger partial charge in [-0.15, -0.1) is 0 Å². The molecule has 0 aliphatic carbocycles. The van der Waals surface area contributed by atoms with Crippen molar-refractivity contribution in [2.45, 2.75) is 64.4 Å². The van der Waals surface area contributed by atoms with Crippen molar-refractivity contribution in [1.29, 1.82) is 0 Å². The van der Waals surface area contributed by atoms with Gasteiger partial charge in [0.2, 0.25) is 0 Å². The lowest BCUT2D eigenvalue weighted by atomic mass is 10.0. The predicted molar refractivity (Wildman–Crippen MR) is 84.0 cm³/mol. The fourth-order valence-corrected chi connectivity index (χ4v) is 2.77. The fourth-order valence-electron chi connectivity index (χ4n) is 2.23. The SMILES string of the molecule is CCCCCCCCCC(O)c1cc(Cl)cc(Cl)c1. The van der Waals surface area contributed by atoms with E-state index in [9.17, 15) is 5.11 Å². The van der Waals surface area contributed by atoms with Gasteiger partial charge in [0.1, 0.15) is 0 Å². The summed E-state index contributed by atoms with van der Waals surface area (Å²) in [5.74, 6) is 0. The molecule has 0 aliphatic rings. The molecule has 0 aliphatic heterocycles. The molecule has 3 heteroatoms. The molecular formula is C16H24Cl2O. The number of aliphatic hydroxyl groups excluding tert-OH is 1. The highest BCUT2D eigenvalue weighted by atomic mass is 35.5. The van der Waals surface area contributed by atoms with Gasteiger partial charge in [0, 0.05) is 10.0 Å². The first kappa shape index (κ1) is 16.8. The van der Waals surface area contributed by atoms with E-state index in [2.05, 4.69) is 6.92 Å². The second-order valence-electron chi connectivity index (χ2n) is 5.13. The molecule has 1 atom stereocenters. The second kappa shape index (κ2) is 9.63. The van der Waals surface area contributed by atoms with Crippen LogP contribution >= 0.6 is 23.2 Å². The fraction of sp³-hybridized carbons (Fsp3) is 0.625. The third-order valence-corrected chi connectivity index (χ3v) is 3.79. The smallest absolute Gasteiger partial charge is 0.0791 e. The maximum absolute atomic E-state index is 10.1. The zero-order valence-corrected chi connectivity index (χ0v) is 13.2. The van der Waals surface area contributed by atoms with Gasteiger partial charge in [0.15, 0.2) is 0 Å². The van der Waals surface area contributed by atoms with Crippen LogP contribution in [0.5, 0.6) is 0 Å². The quantitative estimate of drug-likeness (QED) is 0.541. The molecule has 1 rings (SSSR count). The minimum Gasteiger partial charge on any atom is -0.388 e. The first-order valence-electron chi connectivity index (χ1n) is 7.27. The molecule has 1 nitrogen and oxygen atoms in total. The molecule has 0 radical (unpaired) electrons. The molecule has 0 saturated heterocycles. The van der Waals surface area contributed by atoms with Crippen LogP contribution in [0, 0.1) is 0 Å². The van der Waals surface area contributed by atoms with Gasteiger partial charge >= 0.3 is 0 Å². The Hall–Kier alpha value is -0.240. The van der Waals surface area contributed by atoms with Crippen LogP contribution in [-0.2, 0) is 0 Å². The molecule has 1 aromatic rings. The Morgan fingerprint density at radius 2 is 1.42 bits per heavy atom. The first-order valence-corrected chi connectivity index (χ1v) is 8.03. The molecule has 0 spiro atoms. The first-order chi connectivity index (χ1) is 9.13. The standard InChI is InChI=1S/C16H24Cl2O/c1-2-3-4-5-6-7-8-9-16(19)13-10-14(17)12-15(18)11-13/h10-12,16,19H,2-9H2,1H3. The van der Waals surface area contributed by atoms with E-state index in [1.54, 1.807) is 18.2 Å². The third-order valence-electron chi connectivity index (χ3n) is 3.35. The van der Waals surface area contributed by atoms with E-state index in [0.29, 0.717) is 10.0 Å². The van der Waals surface area contributed by atoms with E-state index in [1.807, 2.05) is 0 Å². The van der Waals surface area contributed by atoms with Crippen molar-refractivity contribution in [2.75, 3.05) is 0 Å². The lowest BCUT2D eigenvalue weighted by Gasteiger charge is -2.11. The normalized spacial score (nSPS) is 12.6. The zero-order chi connectivity index (χ0) is 14.1. The minimum atomic E-state index is -0.452. The summed E-state index contributed by atoms with van der Waals surface area (Å²) in [6.07, 6.45) is 9.11. The molecule has 1 aromatic carbocycles. The molecule has 0 heterocycles. The van der Waals surface area contributed by atoms with Crippen LogP contribution < -0.4 is 0 Å². The molecule has 0 amide bonds. The number of hydrogen-bond acceptors (Lipinski definition) is 1. The van der Waals surface area contributed by atoms with Crippen molar-refractivity contribution >= 4 is 23.2 Å². The van der Waals surface area contributed by atoms with Gasteiger partial charge in [-0.2, -0.15) is 0 Å². The predicted octanol–water partition coefficient (Wildman–Crippen LogP) is 6.17. The van der Waals surface area contributed by atoms with Crippen molar-refractivity contribution in [3.05, 3.63) is 33.8 Å². The number of rotatable bonds is 9. The van der Waals surface area contributed by atoms with Crippen LogP contribution in [0.4, 0.5) is 0 Å². The molecule has 108 valence electrons. The molecule has 1 unspecified atom stereocenters. The summed E-state index contributed by atoms with van der Waals surface area (Å²) in [5, 5.41) is 11.3. The molecule has 0 aromatic heterocycles. The summed E-state index contributed by atoms with van der Waals surface area (Å²) in [6, 6.07) is 5.27. The van der Waals surface area contributed by atoms with Gasteiger partial charge < -0.3 is 5.11 Å². The number of aliphatic hydroxyl groups is 1. The molecular weight excluding hydrogens is 279 g/mol. The van der Waals surface area contributed by atoms with Crippen molar-refractivity contribution < 1.29 is 5.11 Å². The van der Waals surface area contributed by atoms with Gasteiger partial charge in [-0.3, -0.25) is 0 Å². The molecule has 0 saturated carbocycles. The topological polar surface area (TPSA) is 20.2 Å². The monoisotopic (exact) mass is 302 g/mol. The Morgan fingerprint density at radius 1 is 0.895 bits per heavy atom. The van der Waals surface area contributed by atoms with Crippen LogP contribution in [0.25, 0.3) is 0 Å². The van der Waals surface area contributed by atoms with Crippen LogP contribution in [0.2, 0.25) is 10.0 Å². The highest BCUT2D eigenvalue weighted by Gasteiger charge is 2.09. The van der Waals surface area contributed by atoms with Crippen molar-refractivity contribution in [1.82, 2.24) is 0 Å². The summed E-state index contributed by atoms with van der Waals surface area (Å²) in [7, 11) is 0. The van der Waals surface area contributed by atoms with E-state index in [4.69, 9.17) is 23.2 Å². The molecule has 19 heavy (non-hydrogen) atoms. The summed E-state index contributed by atoms with van der Waals surface area (Å²) in [5.41, 5.74) is 0.823. The Balaban J connectivity index is 2.22. The van der Waals surface area contributed by atoms with Crippen LogP contribution in [0.3, 0.4) is 0 Å². The Morgan fingerprint density at radius 3 is 2.00 bits per heavy atom. The van der Waals surface area contributed by atoms with Gasteiger partial charge in [-0.1, -0.05) is 75.1 Å². The van der Waals surface area contributed by atoms with Crippen LogP contribution in [-0.4, -0.2) is 5.11 Å². The maximum atomic E-state index is 10.1. The average molecular weight is 303 g/mol. The van der Waals surface area contributed by atoms with Crippen LogP contribution in [0.15, 0.2) is 18.2 Å². The Bertz CT molecular complexity index is 346. The maximum Gasteiger partial charge on any atom is 0.0791 e. The third kappa shape index (κ3) is 7.20. The van der Waals surface area contributed by atoms with Gasteiger partial charge in [0.05, 0.1) is 6.10 Å². The van der Waals surface area contributed by atoms with Gasteiger partial charge in [0.25, 0.3) is 0 Å². The lowest BCUT2D eigenvalue weighted by Crippen LogP contribution is -1.97. The largest absolute Gasteiger partial charge is 0.388 e. The Labute approximate surface area is 126 Å². The van der Waals surface area contributed by atoms with Gasteiger partial charge in [-0.05, 0) is 30.2 Å². The molecule has 1 N–H and O–H groups in total. The highest BCUT2D eigenvalue weighted by Crippen LogP contribution is 2.26. The number of unbranched alkanes of at least 4 members (excludes halogenated alkanes) is 6. The number of hydrogen-bond donors (Lipinski definition) is 1. The summed E-state index contributed by atoms with van der Waals surface area (Å²) >= 11 is 11.9. The molecule has 0 fully saturated rings. The lowest BCUT2D eigenvalue weighted by molar-refractivity contribution is 0.163. The van der Waals surface area contributed by atoms with E-state index >= 15 is 0 Å². The highest BCUT2D eigenvalue weighted by molar-refractivity contribution is 6.34. The summed E-state index contributed by atoms with van der Waals surface area (Å²) in [4.78, 5) is 0. The van der Waals surface area contributed by atoms with E-state index in [0.717, 1.165) is 18.4 Å². The van der Waals surface area contributed by atoms with Crippen LogP contribution in [0.1, 0.15) is 70.0 Å². The number of halogens is 2. The summed E-state index contributed by atoms with van der Waals surface area (Å²) < 4.78 is 0. The Kier molecular flexibility index (Phi) is 8.52. The number of benzene rings is 1. The molecule has 0 bridgehead atoms. The minimum absolute atomic E-state index is 0.452. The van der Waals surface area contributed by atoms with Crippen molar-refractivity contribution in [2.24, 2.45) is 0 Å². The average Bonchev–Trinajstić information content (AvgIpc) is 2.36. The van der Waals surface area contributed by atoms with Crippen molar-refractivity contribution in [3.63, 3.8) is 0 Å². The summed E-state index contributed by atoms with van der Waals surface area (Å²) in [6.45, 7) is 2.23. The zero-order valence-electron chi connectivity index (χ0n) is 11.7. The van der Waals surface area contributed by atoms with Crippen molar-refractivity contribution in [3.8, 4) is 0 Å². The van der Waals surface area contributed by atoms with E-state index in [1.165, 1.54) is 38.5 Å². The van der Waals surface area contributed by atoms with E-state index in [-0.39, 0.29) is 0 Å².